The molecule has 0 atom stereocenters. The zero-order chi connectivity index (χ0) is 16.8. The van der Waals surface area contributed by atoms with Gasteiger partial charge < -0.3 is 4.90 Å². The smallest absolute Gasteiger partial charge is 0.243 e. The van der Waals surface area contributed by atoms with E-state index in [0.717, 1.165) is 16.4 Å². The highest BCUT2D eigenvalue weighted by molar-refractivity contribution is 7.89. The van der Waals surface area contributed by atoms with Crippen molar-refractivity contribution >= 4 is 10.0 Å². The molecule has 0 aliphatic rings. The fourth-order valence-corrected chi connectivity index (χ4v) is 3.37. The van der Waals surface area contributed by atoms with E-state index in [9.17, 15) is 17.2 Å². The van der Waals surface area contributed by atoms with Crippen molar-refractivity contribution in [3.8, 4) is 6.07 Å². The first-order valence-electron chi connectivity index (χ1n) is 6.76. The minimum absolute atomic E-state index is 0.0191. The van der Waals surface area contributed by atoms with Gasteiger partial charge in [-0.1, -0.05) is 0 Å². The molecule has 0 spiro atoms. The quantitative estimate of drug-likeness (QED) is 0.729. The predicted octanol–water partition coefficient (Wildman–Crippen LogP) is 1.82. The van der Waals surface area contributed by atoms with Crippen molar-refractivity contribution in [2.75, 3.05) is 33.7 Å². The second-order valence-corrected chi connectivity index (χ2v) is 6.98. The Morgan fingerprint density at radius 1 is 1.14 bits per heavy atom. The summed E-state index contributed by atoms with van der Waals surface area (Å²) in [5.74, 6) is -2.32. The zero-order valence-electron chi connectivity index (χ0n) is 12.6. The minimum atomic E-state index is -3.95. The van der Waals surface area contributed by atoms with E-state index >= 15 is 0 Å². The summed E-state index contributed by atoms with van der Waals surface area (Å²) in [6, 6.07) is 4.36. The van der Waals surface area contributed by atoms with Crippen LogP contribution in [0.3, 0.4) is 0 Å². The Bertz CT molecular complexity index is 642. The fourth-order valence-electron chi connectivity index (χ4n) is 1.88. The summed E-state index contributed by atoms with van der Waals surface area (Å²) in [5, 5.41) is 8.66. The first-order valence-corrected chi connectivity index (χ1v) is 8.20. The van der Waals surface area contributed by atoms with Crippen LogP contribution in [0.4, 0.5) is 8.78 Å². The van der Waals surface area contributed by atoms with E-state index in [-0.39, 0.29) is 24.4 Å². The number of nitriles is 1. The Kier molecular flexibility index (Phi) is 6.87. The molecule has 1 rings (SSSR count). The van der Waals surface area contributed by atoms with E-state index in [0.29, 0.717) is 19.0 Å². The molecule has 0 aliphatic heterocycles. The Labute approximate surface area is 129 Å². The van der Waals surface area contributed by atoms with Crippen molar-refractivity contribution in [2.24, 2.45) is 0 Å². The van der Waals surface area contributed by atoms with Crippen LogP contribution in [-0.4, -0.2) is 51.4 Å². The van der Waals surface area contributed by atoms with Gasteiger partial charge in [-0.15, -0.1) is 0 Å². The van der Waals surface area contributed by atoms with Crippen molar-refractivity contribution in [2.45, 2.75) is 17.7 Å². The number of hydrogen-bond acceptors (Lipinski definition) is 4. The SMILES string of the molecule is CN(C)CCCN(CCC#N)S(=O)(=O)c1ccc(F)c(F)c1. The Hall–Kier alpha value is -1.56. The molecule has 0 aliphatic carbocycles. The van der Waals surface area contributed by atoms with Crippen LogP contribution in [0.25, 0.3) is 0 Å². The number of halogens is 2. The molecule has 5 nitrogen and oxygen atoms in total. The van der Waals surface area contributed by atoms with Gasteiger partial charge in [-0.05, 0) is 45.3 Å². The Morgan fingerprint density at radius 3 is 2.36 bits per heavy atom. The molecule has 8 heteroatoms. The number of nitrogens with zero attached hydrogens (tertiary/aromatic N) is 3. The molecule has 122 valence electrons. The first-order chi connectivity index (χ1) is 10.3. The summed E-state index contributed by atoms with van der Waals surface area (Å²) in [7, 11) is -0.224. The lowest BCUT2D eigenvalue weighted by atomic mass is 10.3. The largest absolute Gasteiger partial charge is 0.309 e. The first kappa shape index (κ1) is 18.5. The maximum atomic E-state index is 13.3. The maximum Gasteiger partial charge on any atom is 0.243 e. The standard InChI is InChI=1S/C14H19F2N3O2S/c1-18(2)8-4-10-19(9-3-7-17)22(20,21)12-5-6-13(15)14(16)11-12/h5-6,11H,3-4,8-10H2,1-2H3. The van der Waals surface area contributed by atoms with Crippen molar-refractivity contribution < 1.29 is 17.2 Å². The Morgan fingerprint density at radius 2 is 1.82 bits per heavy atom. The lowest BCUT2D eigenvalue weighted by Gasteiger charge is -2.22. The minimum Gasteiger partial charge on any atom is -0.309 e. The van der Waals surface area contributed by atoms with Crippen molar-refractivity contribution in [3.05, 3.63) is 29.8 Å². The highest BCUT2D eigenvalue weighted by Gasteiger charge is 2.25. The highest BCUT2D eigenvalue weighted by atomic mass is 32.2. The molecular weight excluding hydrogens is 312 g/mol. The van der Waals surface area contributed by atoms with Crippen LogP contribution in [0.15, 0.2) is 23.1 Å². The average molecular weight is 331 g/mol. The van der Waals surface area contributed by atoms with Gasteiger partial charge in [-0.3, -0.25) is 0 Å². The van der Waals surface area contributed by atoms with Gasteiger partial charge in [0.1, 0.15) is 0 Å². The van der Waals surface area contributed by atoms with E-state index < -0.39 is 21.7 Å². The van der Waals surface area contributed by atoms with Crippen LogP contribution < -0.4 is 0 Å². The zero-order valence-corrected chi connectivity index (χ0v) is 13.4. The average Bonchev–Trinajstić information content (AvgIpc) is 2.44. The van der Waals surface area contributed by atoms with Crippen LogP contribution in [0.2, 0.25) is 0 Å². The monoisotopic (exact) mass is 331 g/mol. The molecule has 0 saturated heterocycles. The molecule has 1 aromatic carbocycles. The summed E-state index contributed by atoms with van der Waals surface area (Å²) in [6.07, 6.45) is 0.603. The molecule has 0 radical (unpaired) electrons. The van der Waals surface area contributed by atoms with Gasteiger partial charge >= 0.3 is 0 Å². The van der Waals surface area contributed by atoms with Gasteiger partial charge in [0, 0.05) is 19.5 Å². The number of sulfonamides is 1. The fraction of sp³-hybridized carbons (Fsp3) is 0.500. The van der Waals surface area contributed by atoms with Crippen LogP contribution in [0.5, 0.6) is 0 Å². The van der Waals surface area contributed by atoms with Crippen LogP contribution in [0.1, 0.15) is 12.8 Å². The summed E-state index contributed by atoms with van der Waals surface area (Å²) in [6.45, 7) is 0.906. The molecule has 0 N–H and O–H groups in total. The van der Waals surface area contributed by atoms with E-state index in [1.807, 2.05) is 25.1 Å². The number of rotatable bonds is 8. The van der Waals surface area contributed by atoms with Gasteiger partial charge in [-0.2, -0.15) is 9.57 Å². The van der Waals surface area contributed by atoms with E-state index in [2.05, 4.69) is 0 Å². The summed E-state index contributed by atoms with van der Waals surface area (Å²) >= 11 is 0. The van der Waals surface area contributed by atoms with E-state index in [4.69, 9.17) is 5.26 Å². The van der Waals surface area contributed by atoms with Gasteiger partial charge in [0.05, 0.1) is 11.0 Å². The Balaban J connectivity index is 2.98. The third kappa shape index (κ3) is 5.02. The molecule has 0 heterocycles. The van der Waals surface area contributed by atoms with Crippen LogP contribution >= 0.6 is 0 Å². The van der Waals surface area contributed by atoms with Gasteiger partial charge in [0.2, 0.25) is 10.0 Å². The van der Waals surface area contributed by atoms with Gasteiger partial charge in [-0.25, -0.2) is 17.2 Å². The number of benzene rings is 1. The second kappa shape index (κ2) is 8.17. The lowest BCUT2D eigenvalue weighted by Crippen LogP contribution is -2.34. The van der Waals surface area contributed by atoms with Crippen molar-refractivity contribution in [1.82, 2.24) is 9.21 Å². The third-order valence-corrected chi connectivity index (χ3v) is 4.91. The topological polar surface area (TPSA) is 64.4 Å². The molecule has 0 unspecified atom stereocenters. The second-order valence-electron chi connectivity index (χ2n) is 5.04. The molecule has 1 aromatic rings. The molecule has 22 heavy (non-hydrogen) atoms. The lowest BCUT2D eigenvalue weighted by molar-refractivity contribution is 0.352. The van der Waals surface area contributed by atoms with Crippen molar-refractivity contribution in [3.63, 3.8) is 0 Å². The van der Waals surface area contributed by atoms with Crippen molar-refractivity contribution in [1.29, 1.82) is 5.26 Å². The molecular formula is C14H19F2N3O2S. The number of hydrogen-bond donors (Lipinski definition) is 0. The normalized spacial score (nSPS) is 11.9. The third-order valence-electron chi connectivity index (χ3n) is 3.01. The molecule has 0 aromatic heterocycles. The molecule has 0 amide bonds. The van der Waals surface area contributed by atoms with Gasteiger partial charge in [0.25, 0.3) is 0 Å². The molecule has 0 bridgehead atoms. The summed E-state index contributed by atoms with van der Waals surface area (Å²) in [5.41, 5.74) is 0. The molecule has 0 saturated carbocycles. The van der Waals surface area contributed by atoms with E-state index in [1.54, 1.807) is 0 Å². The van der Waals surface area contributed by atoms with Gasteiger partial charge in [0.15, 0.2) is 11.6 Å². The van der Waals surface area contributed by atoms with E-state index in [1.165, 1.54) is 0 Å². The summed E-state index contributed by atoms with van der Waals surface area (Å²) in [4.78, 5) is 1.60. The molecule has 0 fully saturated rings. The maximum absolute atomic E-state index is 13.3. The van der Waals surface area contributed by atoms with Crippen LogP contribution in [0, 0.1) is 23.0 Å². The highest BCUT2D eigenvalue weighted by Crippen LogP contribution is 2.19. The summed E-state index contributed by atoms with van der Waals surface area (Å²) < 4.78 is 52.3. The van der Waals surface area contributed by atoms with Crippen LogP contribution in [-0.2, 0) is 10.0 Å². The predicted molar refractivity (Wildman–Crippen MR) is 78.5 cm³/mol.